The number of aromatic nitrogens is 2. The van der Waals surface area contributed by atoms with Gasteiger partial charge in [-0.3, -0.25) is 0 Å². The molecule has 2 aliphatic rings. The number of carbonyl (C=O) groups excluding carboxylic acids is 1. The Balaban J connectivity index is 1.20. The summed E-state index contributed by atoms with van der Waals surface area (Å²) in [7, 11) is 0. The minimum Gasteiger partial charge on any atom is -0.465 e. The van der Waals surface area contributed by atoms with E-state index in [0.29, 0.717) is 45.1 Å². The number of amides is 3. The van der Waals surface area contributed by atoms with Gasteiger partial charge in [0.15, 0.2) is 0 Å². The second-order valence-corrected chi connectivity index (χ2v) is 10.3. The number of urea groups is 1. The van der Waals surface area contributed by atoms with Crippen LogP contribution in [0.3, 0.4) is 0 Å². The number of fused-ring (bicyclic) bond motifs is 1. The molecule has 0 spiro atoms. The summed E-state index contributed by atoms with van der Waals surface area (Å²) in [6.45, 7) is 8.61. The van der Waals surface area contributed by atoms with Gasteiger partial charge in [0.2, 0.25) is 5.95 Å². The molecule has 1 saturated heterocycles. The summed E-state index contributed by atoms with van der Waals surface area (Å²) >= 11 is 0. The minimum atomic E-state index is -0.903. The van der Waals surface area contributed by atoms with E-state index in [-0.39, 0.29) is 18.2 Å². The van der Waals surface area contributed by atoms with Crippen LogP contribution >= 0.6 is 0 Å². The molecule has 204 valence electrons. The third kappa shape index (κ3) is 6.28. The van der Waals surface area contributed by atoms with Gasteiger partial charge in [-0.15, -0.1) is 0 Å². The normalized spacial score (nSPS) is 15.1. The van der Waals surface area contributed by atoms with Crippen molar-refractivity contribution in [2.24, 2.45) is 0 Å². The van der Waals surface area contributed by atoms with Crippen molar-refractivity contribution in [2.45, 2.75) is 52.5 Å². The molecule has 1 fully saturated rings. The van der Waals surface area contributed by atoms with Crippen molar-refractivity contribution in [3.8, 4) is 11.3 Å². The highest BCUT2D eigenvalue weighted by Gasteiger charge is 2.31. The summed E-state index contributed by atoms with van der Waals surface area (Å²) in [5.41, 5.74) is 6.78. The smallest absolute Gasteiger partial charge is 0.407 e. The van der Waals surface area contributed by atoms with Crippen LogP contribution in [0, 0.1) is 6.92 Å². The second kappa shape index (κ2) is 11.3. The van der Waals surface area contributed by atoms with E-state index < -0.39 is 6.09 Å². The van der Waals surface area contributed by atoms with E-state index in [1.54, 1.807) is 11.1 Å². The Hall–Kier alpha value is -4.18. The minimum absolute atomic E-state index is 0.0774. The van der Waals surface area contributed by atoms with Crippen molar-refractivity contribution in [3.63, 3.8) is 0 Å². The molecule has 5 rings (SSSR count). The first kappa shape index (κ1) is 26.4. The lowest BCUT2D eigenvalue weighted by molar-refractivity contribution is -0.0641. The van der Waals surface area contributed by atoms with Crippen LogP contribution in [0.1, 0.15) is 36.1 Å². The van der Waals surface area contributed by atoms with E-state index in [1.807, 2.05) is 57.2 Å². The van der Waals surface area contributed by atoms with Gasteiger partial charge in [-0.1, -0.05) is 18.2 Å². The molecular formula is C29H34N6O4. The Morgan fingerprint density at radius 1 is 1.10 bits per heavy atom. The van der Waals surface area contributed by atoms with Gasteiger partial charge >= 0.3 is 12.1 Å². The molecule has 2 aromatic carbocycles. The quantitative estimate of drug-likeness (QED) is 0.410. The Morgan fingerprint density at radius 3 is 2.67 bits per heavy atom. The zero-order valence-corrected chi connectivity index (χ0v) is 22.5. The molecule has 1 aromatic heterocycles. The Morgan fingerprint density at radius 2 is 1.92 bits per heavy atom. The van der Waals surface area contributed by atoms with Crippen molar-refractivity contribution in [3.05, 3.63) is 70.9 Å². The molecular weight excluding hydrogens is 496 g/mol. The summed E-state index contributed by atoms with van der Waals surface area (Å²) in [6.07, 6.45) is 1.80. The average Bonchev–Trinajstić information content (AvgIpc) is 2.89. The largest absolute Gasteiger partial charge is 0.465 e. The highest BCUT2D eigenvalue weighted by molar-refractivity contribution is 5.75. The summed E-state index contributed by atoms with van der Waals surface area (Å²) in [4.78, 5) is 36.1. The van der Waals surface area contributed by atoms with Crippen LogP contribution in [0.25, 0.3) is 11.3 Å². The van der Waals surface area contributed by atoms with Gasteiger partial charge in [0.05, 0.1) is 31.0 Å². The van der Waals surface area contributed by atoms with Crippen molar-refractivity contribution in [1.29, 1.82) is 0 Å². The number of hydrogen-bond donors (Lipinski definition) is 3. The van der Waals surface area contributed by atoms with Crippen LogP contribution in [-0.2, 0) is 24.2 Å². The standard InChI is InChI=1S/C29H34N6O4/c1-18(2)39-25-16-35(17-25)28(36)31-14-22-5-4-21(12-19(22)3)26-8-10-30-27(33-26)32-24-7-6-20-9-11-34(29(37)38)15-23(20)13-24/h4-8,10,12-13,18,25H,9,11,14-17H2,1-3H3,(H,31,36)(H,37,38)(H,30,32,33). The van der Waals surface area contributed by atoms with Crippen molar-refractivity contribution in [2.75, 3.05) is 25.0 Å². The molecule has 3 amide bonds. The van der Waals surface area contributed by atoms with E-state index in [1.165, 1.54) is 4.90 Å². The average molecular weight is 531 g/mol. The lowest BCUT2D eigenvalue weighted by Gasteiger charge is -2.39. The van der Waals surface area contributed by atoms with Gasteiger partial charge in [0, 0.05) is 37.1 Å². The van der Waals surface area contributed by atoms with Gasteiger partial charge in [-0.2, -0.15) is 0 Å². The number of likely N-dealkylation sites (tertiary alicyclic amines) is 1. The van der Waals surface area contributed by atoms with Crippen molar-refractivity contribution < 1.29 is 19.4 Å². The zero-order valence-electron chi connectivity index (χ0n) is 22.5. The molecule has 3 heterocycles. The maximum Gasteiger partial charge on any atom is 0.407 e. The Bertz CT molecular complexity index is 1370. The van der Waals surface area contributed by atoms with Gasteiger partial charge in [-0.25, -0.2) is 19.6 Å². The van der Waals surface area contributed by atoms with E-state index in [9.17, 15) is 14.7 Å². The number of benzene rings is 2. The predicted molar refractivity (Wildman–Crippen MR) is 148 cm³/mol. The van der Waals surface area contributed by atoms with E-state index >= 15 is 0 Å². The van der Waals surface area contributed by atoms with Crippen LogP contribution in [0.15, 0.2) is 48.7 Å². The number of aryl methyl sites for hydroxylation is 1. The highest BCUT2D eigenvalue weighted by Crippen LogP contribution is 2.26. The molecule has 0 aliphatic carbocycles. The van der Waals surface area contributed by atoms with Crippen LogP contribution < -0.4 is 10.6 Å². The molecule has 10 heteroatoms. The maximum atomic E-state index is 12.4. The zero-order chi connectivity index (χ0) is 27.5. The molecule has 39 heavy (non-hydrogen) atoms. The van der Waals surface area contributed by atoms with Gasteiger partial charge in [-0.05, 0) is 73.7 Å². The third-order valence-electron chi connectivity index (χ3n) is 7.07. The van der Waals surface area contributed by atoms with Gasteiger partial charge in [0.25, 0.3) is 0 Å². The maximum absolute atomic E-state index is 12.4. The van der Waals surface area contributed by atoms with Gasteiger partial charge in [0.1, 0.15) is 0 Å². The molecule has 0 bridgehead atoms. The number of rotatable bonds is 7. The first-order valence-corrected chi connectivity index (χ1v) is 13.2. The SMILES string of the molecule is Cc1cc(-c2ccnc(Nc3ccc4c(c3)CN(C(=O)O)CC4)n2)ccc1CNC(=O)N1CC(OC(C)C)C1. The fourth-order valence-corrected chi connectivity index (χ4v) is 4.92. The summed E-state index contributed by atoms with van der Waals surface area (Å²) in [5, 5.41) is 15.6. The number of nitrogens with zero attached hydrogens (tertiary/aromatic N) is 4. The lowest BCUT2D eigenvalue weighted by atomic mass is 9.99. The molecule has 0 atom stereocenters. The van der Waals surface area contributed by atoms with E-state index in [2.05, 4.69) is 21.7 Å². The predicted octanol–water partition coefficient (Wildman–Crippen LogP) is 4.55. The number of nitrogens with one attached hydrogen (secondary N) is 2. The van der Waals surface area contributed by atoms with E-state index in [4.69, 9.17) is 9.72 Å². The molecule has 2 aliphatic heterocycles. The Kier molecular flexibility index (Phi) is 7.65. The first-order chi connectivity index (χ1) is 18.7. The monoisotopic (exact) mass is 530 g/mol. The molecule has 0 unspecified atom stereocenters. The number of carbonyl (C=O) groups is 2. The molecule has 0 radical (unpaired) electrons. The number of carboxylic acid groups (broad SMARTS) is 1. The molecule has 3 aromatic rings. The number of anilines is 2. The summed E-state index contributed by atoms with van der Waals surface area (Å²) in [6, 6.07) is 13.8. The van der Waals surface area contributed by atoms with Crippen LogP contribution in [0.2, 0.25) is 0 Å². The molecule has 0 saturated carbocycles. The number of ether oxygens (including phenoxy) is 1. The van der Waals surface area contributed by atoms with Crippen LogP contribution in [-0.4, -0.2) is 68.8 Å². The molecule has 10 nitrogen and oxygen atoms in total. The topological polar surface area (TPSA) is 120 Å². The van der Waals surface area contributed by atoms with Crippen LogP contribution in [0.4, 0.5) is 21.2 Å². The summed E-state index contributed by atoms with van der Waals surface area (Å²) < 4.78 is 5.72. The summed E-state index contributed by atoms with van der Waals surface area (Å²) in [5.74, 6) is 0.460. The first-order valence-electron chi connectivity index (χ1n) is 13.2. The number of hydrogen-bond acceptors (Lipinski definition) is 6. The van der Waals surface area contributed by atoms with Crippen molar-refractivity contribution in [1.82, 2.24) is 25.1 Å². The van der Waals surface area contributed by atoms with Gasteiger partial charge < -0.3 is 30.3 Å². The third-order valence-corrected chi connectivity index (χ3v) is 7.07. The lowest BCUT2D eigenvalue weighted by Crippen LogP contribution is -2.58. The van der Waals surface area contributed by atoms with Crippen molar-refractivity contribution >= 4 is 23.8 Å². The molecule has 3 N–H and O–H groups in total. The fraction of sp³-hybridized carbons (Fsp3) is 0.379. The van der Waals surface area contributed by atoms with E-state index in [0.717, 1.165) is 39.2 Å². The second-order valence-electron chi connectivity index (χ2n) is 10.3. The Labute approximate surface area is 228 Å². The highest BCUT2D eigenvalue weighted by atomic mass is 16.5. The fourth-order valence-electron chi connectivity index (χ4n) is 4.92. The van der Waals surface area contributed by atoms with Crippen LogP contribution in [0.5, 0.6) is 0 Å².